The summed E-state index contributed by atoms with van der Waals surface area (Å²) in [6.07, 6.45) is 13.8. The number of hydrogen-bond donors (Lipinski definition) is 1. The minimum Gasteiger partial charge on any atom is -0.465 e. The summed E-state index contributed by atoms with van der Waals surface area (Å²) in [5.41, 5.74) is -2.24. The number of unbranched alkanes of at least 4 members (excludes halogenated alkanes) is 2. The molecule has 0 radical (unpaired) electrons. The number of aliphatic hydroxyl groups is 1. The molecule has 4 rings (SSSR count). The number of amides is 2. The fraction of sp³-hybridized carbons (Fsp3) is 0.741. The lowest BCUT2D eigenvalue weighted by Gasteiger charge is -2.38. The van der Waals surface area contributed by atoms with Gasteiger partial charge >= 0.3 is 5.97 Å². The summed E-state index contributed by atoms with van der Waals surface area (Å²) >= 11 is 0. The van der Waals surface area contributed by atoms with Gasteiger partial charge in [-0.3, -0.25) is 14.4 Å². The first-order valence-electron chi connectivity index (χ1n) is 13.4. The van der Waals surface area contributed by atoms with Gasteiger partial charge in [0.15, 0.2) is 0 Å². The number of esters is 1. The molecular formula is C27H40N2O6. The van der Waals surface area contributed by atoms with Gasteiger partial charge in [0.2, 0.25) is 11.8 Å². The predicted molar refractivity (Wildman–Crippen MR) is 130 cm³/mol. The van der Waals surface area contributed by atoms with Gasteiger partial charge in [0.05, 0.1) is 12.5 Å². The third-order valence-electron chi connectivity index (χ3n) is 8.06. The van der Waals surface area contributed by atoms with Crippen molar-refractivity contribution in [3.05, 3.63) is 24.3 Å². The van der Waals surface area contributed by atoms with Crippen molar-refractivity contribution in [1.29, 1.82) is 0 Å². The fourth-order valence-electron chi connectivity index (χ4n) is 6.27. The van der Waals surface area contributed by atoms with Crippen LogP contribution in [-0.4, -0.2) is 82.8 Å². The number of nitrogens with zero attached hydrogens (tertiary/aromatic N) is 2. The summed E-state index contributed by atoms with van der Waals surface area (Å²) in [6.45, 7) is 5.79. The Labute approximate surface area is 208 Å². The van der Waals surface area contributed by atoms with E-state index in [2.05, 4.69) is 13.0 Å². The van der Waals surface area contributed by atoms with Crippen molar-refractivity contribution < 1.29 is 29.0 Å². The topological polar surface area (TPSA) is 96.4 Å². The van der Waals surface area contributed by atoms with Crippen LogP contribution in [0.2, 0.25) is 0 Å². The summed E-state index contributed by atoms with van der Waals surface area (Å²) in [5, 5.41) is 9.31. The smallest absolute Gasteiger partial charge is 0.313 e. The quantitative estimate of drug-likeness (QED) is 0.321. The van der Waals surface area contributed by atoms with Crippen LogP contribution in [-0.2, 0) is 23.9 Å². The van der Waals surface area contributed by atoms with E-state index in [-0.39, 0.29) is 18.4 Å². The molecule has 8 nitrogen and oxygen atoms in total. The highest BCUT2D eigenvalue weighted by Crippen LogP contribution is 2.58. The van der Waals surface area contributed by atoms with E-state index < -0.39 is 35.0 Å². The van der Waals surface area contributed by atoms with E-state index in [0.717, 1.165) is 32.1 Å². The third-order valence-corrected chi connectivity index (χ3v) is 8.06. The highest BCUT2D eigenvalue weighted by atomic mass is 16.6. The number of aliphatic hydroxyl groups excluding tert-OH is 1. The zero-order valence-corrected chi connectivity index (χ0v) is 21.1. The van der Waals surface area contributed by atoms with Gasteiger partial charge in [0.25, 0.3) is 0 Å². The lowest BCUT2D eigenvalue weighted by molar-refractivity contribution is -0.161. The van der Waals surface area contributed by atoms with Gasteiger partial charge in [0, 0.05) is 26.2 Å². The molecule has 0 saturated carbocycles. The monoisotopic (exact) mass is 488 g/mol. The number of cyclic esters (lactones) is 1. The number of hydrogen-bond acceptors (Lipinski definition) is 6. The second kappa shape index (κ2) is 10.8. The van der Waals surface area contributed by atoms with Crippen LogP contribution in [0, 0.1) is 11.8 Å². The largest absolute Gasteiger partial charge is 0.465 e. The van der Waals surface area contributed by atoms with Gasteiger partial charge in [-0.15, -0.1) is 0 Å². The molecule has 4 heterocycles. The lowest BCUT2D eigenvalue weighted by Crippen LogP contribution is -2.56. The second-order valence-electron chi connectivity index (χ2n) is 10.2. The standard InChI is InChI=1S/C27H40N2O6/c1-3-5-15-28-16-12-14-27-20(23(31)29(17-9-10-18-30)22(27)24(28)32)21-25(33)34-19-11-7-6-8-13-26(21,4-2)35-27/h8,12-14,20-22,30H,3-7,9-11,15-19H2,1-2H3/b13-8-/t20-,21+,22?,26-,27-/m0/s1. The zero-order valence-electron chi connectivity index (χ0n) is 21.1. The summed E-state index contributed by atoms with van der Waals surface area (Å²) < 4.78 is 12.6. The average molecular weight is 489 g/mol. The molecule has 0 aliphatic carbocycles. The SMILES string of the molecule is CCCCN1CC=C[C@]23O[C@@]4(CC)/C=C\CCCCOC(=O)[C@H]4[C@H]2C(=O)N(CCCCO)C3C1=O. The molecule has 0 aromatic heterocycles. The van der Waals surface area contributed by atoms with Crippen LogP contribution in [0.25, 0.3) is 0 Å². The Morgan fingerprint density at radius 2 is 1.83 bits per heavy atom. The van der Waals surface area contributed by atoms with E-state index in [1.165, 1.54) is 0 Å². The van der Waals surface area contributed by atoms with Crippen LogP contribution in [0.1, 0.15) is 65.2 Å². The molecule has 1 unspecified atom stereocenters. The van der Waals surface area contributed by atoms with E-state index in [1.807, 2.05) is 25.2 Å². The lowest BCUT2D eigenvalue weighted by atomic mass is 9.73. The first-order valence-corrected chi connectivity index (χ1v) is 13.4. The number of carbonyl (C=O) groups excluding carboxylic acids is 3. The molecule has 0 aromatic rings. The van der Waals surface area contributed by atoms with Crippen molar-refractivity contribution in [2.24, 2.45) is 11.8 Å². The normalized spacial score (nSPS) is 35.9. The highest BCUT2D eigenvalue weighted by molar-refractivity contribution is 5.99. The van der Waals surface area contributed by atoms with E-state index in [0.29, 0.717) is 45.5 Å². The van der Waals surface area contributed by atoms with Crippen molar-refractivity contribution in [3.8, 4) is 0 Å². The van der Waals surface area contributed by atoms with Gasteiger partial charge in [-0.2, -0.15) is 0 Å². The zero-order chi connectivity index (χ0) is 25.1. The van der Waals surface area contributed by atoms with Crippen LogP contribution in [0.4, 0.5) is 0 Å². The van der Waals surface area contributed by atoms with Crippen molar-refractivity contribution in [1.82, 2.24) is 9.80 Å². The Kier molecular flexibility index (Phi) is 8.01. The van der Waals surface area contributed by atoms with Crippen LogP contribution < -0.4 is 0 Å². The summed E-state index contributed by atoms with van der Waals surface area (Å²) in [6, 6.07) is -0.837. The molecule has 2 saturated heterocycles. The number of ether oxygens (including phenoxy) is 2. The van der Waals surface area contributed by atoms with Crippen LogP contribution in [0.5, 0.6) is 0 Å². The molecule has 8 heteroatoms. The maximum atomic E-state index is 14.1. The molecule has 5 atom stereocenters. The van der Waals surface area contributed by atoms with E-state index in [4.69, 9.17) is 9.47 Å². The number of allylic oxidation sites excluding steroid dienone is 1. The Morgan fingerprint density at radius 1 is 1.00 bits per heavy atom. The van der Waals surface area contributed by atoms with Crippen molar-refractivity contribution in [2.45, 2.75) is 82.5 Å². The molecule has 2 fully saturated rings. The molecule has 194 valence electrons. The molecular weight excluding hydrogens is 448 g/mol. The van der Waals surface area contributed by atoms with Crippen molar-refractivity contribution in [2.75, 3.05) is 32.8 Å². The average Bonchev–Trinajstić information content (AvgIpc) is 3.20. The summed E-state index contributed by atoms with van der Waals surface area (Å²) in [5.74, 6) is -2.43. The van der Waals surface area contributed by atoms with E-state index in [1.54, 1.807) is 9.80 Å². The first-order chi connectivity index (χ1) is 17.0. The Hall–Kier alpha value is -2.19. The Morgan fingerprint density at radius 3 is 2.57 bits per heavy atom. The summed E-state index contributed by atoms with van der Waals surface area (Å²) in [7, 11) is 0. The van der Waals surface area contributed by atoms with Gasteiger partial charge in [-0.05, 0) is 44.9 Å². The van der Waals surface area contributed by atoms with Gasteiger partial charge in [0.1, 0.15) is 23.2 Å². The second-order valence-corrected chi connectivity index (χ2v) is 10.2. The maximum absolute atomic E-state index is 14.1. The molecule has 4 aliphatic rings. The van der Waals surface area contributed by atoms with E-state index >= 15 is 0 Å². The van der Waals surface area contributed by atoms with Crippen molar-refractivity contribution in [3.63, 3.8) is 0 Å². The molecule has 0 aromatic carbocycles. The fourth-order valence-corrected chi connectivity index (χ4v) is 6.27. The van der Waals surface area contributed by atoms with Crippen LogP contribution in [0.15, 0.2) is 24.3 Å². The number of fused-ring (bicyclic) bond motifs is 2. The molecule has 4 aliphatic heterocycles. The van der Waals surface area contributed by atoms with E-state index in [9.17, 15) is 19.5 Å². The molecule has 0 bridgehead atoms. The molecule has 35 heavy (non-hydrogen) atoms. The maximum Gasteiger partial charge on any atom is 0.313 e. The predicted octanol–water partition coefficient (Wildman–Crippen LogP) is 2.60. The Bertz CT molecular complexity index is 872. The van der Waals surface area contributed by atoms with Crippen LogP contribution >= 0.6 is 0 Å². The van der Waals surface area contributed by atoms with Gasteiger partial charge < -0.3 is 24.4 Å². The minimum atomic E-state index is -1.23. The number of likely N-dealkylation sites (tertiary alicyclic amines) is 1. The van der Waals surface area contributed by atoms with Gasteiger partial charge in [-0.25, -0.2) is 0 Å². The van der Waals surface area contributed by atoms with Crippen molar-refractivity contribution >= 4 is 17.8 Å². The summed E-state index contributed by atoms with van der Waals surface area (Å²) in [4.78, 5) is 45.0. The van der Waals surface area contributed by atoms with Crippen LogP contribution in [0.3, 0.4) is 0 Å². The number of rotatable bonds is 8. The Balaban J connectivity index is 1.82. The molecule has 1 N–H and O–H groups in total. The van der Waals surface area contributed by atoms with Gasteiger partial charge in [-0.1, -0.05) is 44.6 Å². The molecule has 1 spiro atoms. The first kappa shape index (κ1) is 25.9. The minimum absolute atomic E-state index is 0.0208. The molecule has 2 amide bonds. The third kappa shape index (κ3) is 4.44. The number of carbonyl (C=O) groups is 3. The highest BCUT2D eigenvalue weighted by Gasteiger charge is 2.75.